The second kappa shape index (κ2) is 8.94. The van der Waals surface area contributed by atoms with Crippen LogP contribution in [0.25, 0.3) is 22.3 Å². The van der Waals surface area contributed by atoms with Crippen molar-refractivity contribution in [2.45, 2.75) is 26.2 Å². The summed E-state index contributed by atoms with van der Waals surface area (Å²) in [6.45, 7) is 5.18. The number of ether oxygens (including phenoxy) is 1. The van der Waals surface area contributed by atoms with Crippen molar-refractivity contribution in [3.63, 3.8) is 0 Å². The lowest BCUT2D eigenvalue weighted by Gasteiger charge is -2.36. The number of hydrogen-bond acceptors (Lipinski definition) is 7. The van der Waals surface area contributed by atoms with Gasteiger partial charge >= 0.3 is 6.01 Å². The van der Waals surface area contributed by atoms with Gasteiger partial charge in [0.25, 0.3) is 0 Å². The Balaban J connectivity index is 1.72. The van der Waals surface area contributed by atoms with Crippen LogP contribution in [0.3, 0.4) is 0 Å². The van der Waals surface area contributed by atoms with Gasteiger partial charge in [-0.05, 0) is 55.5 Å². The van der Waals surface area contributed by atoms with E-state index in [1.807, 2.05) is 13.1 Å². The summed E-state index contributed by atoms with van der Waals surface area (Å²) in [6, 6.07) is 3.54. The molecule has 0 amide bonds. The first kappa shape index (κ1) is 21.6. The lowest BCUT2D eigenvalue weighted by Crippen LogP contribution is -2.39. The smallest absolute Gasteiger partial charge is 0.316 e. The van der Waals surface area contributed by atoms with Crippen LogP contribution in [0.4, 0.5) is 15.8 Å². The highest BCUT2D eigenvalue weighted by atomic mass is 19.1. The van der Waals surface area contributed by atoms with Crippen LogP contribution < -0.4 is 20.7 Å². The SMILES string of the molecule is CCNc1cc(F)cc2c1Cc1ncc(-c3cnc(OC)nc3)c(N3CCC[C@@H](CN)C3)c1-2. The van der Waals surface area contributed by atoms with Crippen molar-refractivity contribution >= 4 is 11.4 Å². The molecule has 33 heavy (non-hydrogen) atoms. The molecule has 0 unspecified atom stereocenters. The zero-order chi connectivity index (χ0) is 22.9. The van der Waals surface area contributed by atoms with Crippen LogP contribution in [-0.4, -0.2) is 48.2 Å². The molecule has 1 aliphatic heterocycles. The van der Waals surface area contributed by atoms with Crippen LogP contribution >= 0.6 is 0 Å². The second-order valence-electron chi connectivity index (χ2n) is 8.68. The Morgan fingerprint density at radius 1 is 1.18 bits per heavy atom. The lowest BCUT2D eigenvalue weighted by atomic mass is 9.93. The highest BCUT2D eigenvalue weighted by molar-refractivity contribution is 5.96. The molecule has 3 heterocycles. The Morgan fingerprint density at radius 3 is 2.73 bits per heavy atom. The molecule has 0 saturated carbocycles. The molecule has 1 saturated heterocycles. The summed E-state index contributed by atoms with van der Waals surface area (Å²) >= 11 is 0. The van der Waals surface area contributed by atoms with Crippen LogP contribution in [0, 0.1) is 11.7 Å². The Morgan fingerprint density at radius 2 is 2.00 bits per heavy atom. The van der Waals surface area contributed by atoms with E-state index in [-0.39, 0.29) is 5.82 Å². The fourth-order valence-electron chi connectivity index (χ4n) is 5.08. The molecule has 3 N–H and O–H groups in total. The Kier molecular flexibility index (Phi) is 5.85. The fraction of sp³-hybridized carbons (Fsp3) is 0.400. The number of hydrogen-bond donors (Lipinski definition) is 2. The fourth-order valence-corrected chi connectivity index (χ4v) is 5.08. The summed E-state index contributed by atoms with van der Waals surface area (Å²) in [5, 5.41) is 3.33. The highest BCUT2D eigenvalue weighted by Crippen LogP contribution is 2.49. The van der Waals surface area contributed by atoms with Gasteiger partial charge in [-0.15, -0.1) is 0 Å². The van der Waals surface area contributed by atoms with E-state index in [0.717, 1.165) is 77.4 Å². The molecule has 3 aromatic rings. The molecule has 172 valence electrons. The minimum absolute atomic E-state index is 0.250. The molecule has 0 radical (unpaired) electrons. The van der Waals surface area contributed by atoms with Gasteiger partial charge in [-0.3, -0.25) is 4.98 Å². The van der Waals surface area contributed by atoms with Crippen LogP contribution in [0.15, 0.2) is 30.7 Å². The largest absolute Gasteiger partial charge is 0.467 e. The quantitative estimate of drug-likeness (QED) is 0.463. The zero-order valence-corrected chi connectivity index (χ0v) is 19.1. The van der Waals surface area contributed by atoms with Crippen molar-refractivity contribution in [2.75, 3.05) is 43.5 Å². The van der Waals surface area contributed by atoms with E-state index in [1.54, 1.807) is 31.6 Å². The molecule has 2 aromatic heterocycles. The van der Waals surface area contributed by atoms with Gasteiger partial charge in [0.1, 0.15) is 5.82 Å². The molecule has 0 bridgehead atoms. The van der Waals surface area contributed by atoms with Gasteiger partial charge in [0.2, 0.25) is 0 Å². The maximum Gasteiger partial charge on any atom is 0.316 e. The molecule has 2 aliphatic rings. The number of anilines is 2. The number of fused-ring (bicyclic) bond motifs is 3. The summed E-state index contributed by atoms with van der Waals surface area (Å²) in [5.74, 6) is 0.174. The minimum atomic E-state index is -0.250. The number of rotatable bonds is 6. The molecule has 0 spiro atoms. The Labute approximate surface area is 193 Å². The van der Waals surface area contributed by atoms with E-state index in [9.17, 15) is 4.39 Å². The molecule has 1 fully saturated rings. The van der Waals surface area contributed by atoms with Crippen molar-refractivity contribution in [3.05, 3.63) is 47.8 Å². The van der Waals surface area contributed by atoms with Gasteiger partial charge in [-0.25, -0.2) is 14.4 Å². The summed E-state index contributed by atoms with van der Waals surface area (Å²) in [6.07, 6.45) is 8.28. The monoisotopic (exact) mass is 448 g/mol. The number of halogens is 1. The molecular weight excluding hydrogens is 419 g/mol. The van der Waals surface area contributed by atoms with Gasteiger partial charge in [0.15, 0.2) is 0 Å². The maximum absolute atomic E-state index is 14.7. The third kappa shape index (κ3) is 3.88. The average molecular weight is 449 g/mol. The van der Waals surface area contributed by atoms with E-state index in [2.05, 4.69) is 20.2 Å². The number of methoxy groups -OCH3 is 1. The van der Waals surface area contributed by atoms with Gasteiger partial charge in [0, 0.05) is 67.0 Å². The molecule has 1 aromatic carbocycles. The summed E-state index contributed by atoms with van der Waals surface area (Å²) in [7, 11) is 1.55. The number of benzene rings is 1. The maximum atomic E-state index is 14.7. The van der Waals surface area contributed by atoms with Crippen molar-refractivity contribution in [3.8, 4) is 28.3 Å². The topological polar surface area (TPSA) is 89.2 Å². The molecule has 8 heteroatoms. The van der Waals surface area contributed by atoms with E-state index in [0.29, 0.717) is 24.9 Å². The van der Waals surface area contributed by atoms with Gasteiger partial charge < -0.3 is 20.7 Å². The van der Waals surface area contributed by atoms with Crippen molar-refractivity contribution in [1.82, 2.24) is 15.0 Å². The number of pyridine rings is 1. The first-order valence-electron chi connectivity index (χ1n) is 11.5. The van der Waals surface area contributed by atoms with Gasteiger partial charge in [-0.2, -0.15) is 0 Å². The number of aromatic nitrogens is 3. The first-order chi connectivity index (χ1) is 16.1. The zero-order valence-electron chi connectivity index (χ0n) is 19.1. The molecule has 1 atom stereocenters. The van der Waals surface area contributed by atoms with E-state index < -0.39 is 0 Å². The third-order valence-electron chi connectivity index (χ3n) is 6.62. The van der Waals surface area contributed by atoms with E-state index in [4.69, 9.17) is 15.5 Å². The molecule has 5 rings (SSSR count). The summed E-state index contributed by atoms with van der Waals surface area (Å²) in [4.78, 5) is 15.9. The van der Waals surface area contributed by atoms with Gasteiger partial charge in [0.05, 0.1) is 18.5 Å². The minimum Gasteiger partial charge on any atom is -0.467 e. The summed E-state index contributed by atoms with van der Waals surface area (Å²) in [5.41, 5.74) is 13.7. The Hall–Kier alpha value is -3.26. The molecule has 1 aliphatic carbocycles. The molecular formula is C25H29FN6O. The van der Waals surface area contributed by atoms with Crippen LogP contribution in [0.5, 0.6) is 6.01 Å². The van der Waals surface area contributed by atoms with E-state index in [1.165, 1.54) is 0 Å². The lowest BCUT2D eigenvalue weighted by molar-refractivity contribution is 0.380. The highest BCUT2D eigenvalue weighted by Gasteiger charge is 2.32. The predicted molar refractivity (Wildman–Crippen MR) is 128 cm³/mol. The standard InChI is InChI=1S/C25H29FN6O/c1-3-28-21-8-17(26)7-19-18(21)9-22-23(19)24(32-6-4-5-15(10-27)14-32)20(13-29-22)16-11-30-25(33-2)31-12-16/h7-8,11-13,15,28H,3-6,9-10,14,27H2,1-2H3/t15-/m0/s1. The van der Waals surface area contributed by atoms with E-state index >= 15 is 0 Å². The number of nitrogens with two attached hydrogens (primary N) is 1. The van der Waals surface area contributed by atoms with Crippen molar-refractivity contribution in [2.24, 2.45) is 11.7 Å². The summed E-state index contributed by atoms with van der Waals surface area (Å²) < 4.78 is 19.9. The third-order valence-corrected chi connectivity index (χ3v) is 6.62. The van der Waals surface area contributed by atoms with Crippen LogP contribution in [-0.2, 0) is 6.42 Å². The van der Waals surface area contributed by atoms with Crippen LogP contribution in [0.1, 0.15) is 31.0 Å². The molecule has 7 nitrogen and oxygen atoms in total. The number of nitrogens with one attached hydrogen (secondary N) is 1. The van der Waals surface area contributed by atoms with Crippen LogP contribution in [0.2, 0.25) is 0 Å². The predicted octanol–water partition coefficient (Wildman–Crippen LogP) is 3.86. The Bertz CT molecular complexity index is 1170. The second-order valence-corrected chi connectivity index (χ2v) is 8.68. The number of nitrogens with zero attached hydrogens (tertiary/aromatic N) is 4. The van der Waals surface area contributed by atoms with Crippen molar-refractivity contribution in [1.29, 1.82) is 0 Å². The van der Waals surface area contributed by atoms with Gasteiger partial charge in [-0.1, -0.05) is 0 Å². The first-order valence-corrected chi connectivity index (χ1v) is 11.5. The normalized spacial score (nSPS) is 17.0. The number of piperidine rings is 1. The van der Waals surface area contributed by atoms with Crippen molar-refractivity contribution < 1.29 is 9.13 Å². The average Bonchev–Trinajstić information content (AvgIpc) is 3.22.